The number of halogens is 1. The van der Waals surface area contributed by atoms with E-state index in [9.17, 15) is 0 Å². The third kappa shape index (κ3) is 3.05. The number of hydrogen-bond acceptors (Lipinski definition) is 2. The molecule has 0 bridgehead atoms. The predicted octanol–water partition coefficient (Wildman–Crippen LogP) is 6.00. The molecule has 0 amide bonds. The first-order valence-electron chi connectivity index (χ1n) is 7.18. The van der Waals surface area contributed by atoms with Gasteiger partial charge < -0.3 is 5.32 Å². The van der Waals surface area contributed by atoms with Crippen molar-refractivity contribution in [2.75, 3.05) is 7.05 Å². The largest absolute Gasteiger partial charge is 0.312 e. The topological polar surface area (TPSA) is 12.0 Å². The second-order valence-corrected chi connectivity index (χ2v) is 7.19. The SMILES string of the molecule is CCC(NC)c1ccc(-c2ccc3cc(Br)ccc3c2)s1. The molecule has 1 nitrogen and oxygen atoms in total. The zero-order valence-electron chi connectivity index (χ0n) is 12.2. The van der Waals surface area contributed by atoms with E-state index in [0.717, 1.165) is 10.9 Å². The van der Waals surface area contributed by atoms with Gasteiger partial charge in [0.15, 0.2) is 0 Å². The fourth-order valence-electron chi connectivity index (χ4n) is 2.61. The highest BCUT2D eigenvalue weighted by atomic mass is 79.9. The van der Waals surface area contributed by atoms with Crippen LogP contribution in [-0.2, 0) is 0 Å². The second kappa shape index (κ2) is 6.30. The third-order valence-corrected chi connectivity index (χ3v) is 5.55. The Morgan fingerprint density at radius 3 is 2.57 bits per heavy atom. The summed E-state index contributed by atoms with van der Waals surface area (Å²) >= 11 is 5.41. The highest BCUT2D eigenvalue weighted by Crippen LogP contribution is 2.34. The lowest BCUT2D eigenvalue weighted by Crippen LogP contribution is -2.13. The van der Waals surface area contributed by atoms with Gasteiger partial charge in [-0.3, -0.25) is 0 Å². The molecule has 0 fully saturated rings. The lowest BCUT2D eigenvalue weighted by molar-refractivity contribution is 0.586. The number of hydrogen-bond donors (Lipinski definition) is 1. The molecular weight excluding hydrogens is 342 g/mol. The minimum atomic E-state index is 0.458. The summed E-state index contributed by atoms with van der Waals surface area (Å²) in [4.78, 5) is 2.74. The predicted molar refractivity (Wildman–Crippen MR) is 97.1 cm³/mol. The summed E-state index contributed by atoms with van der Waals surface area (Å²) in [5, 5.41) is 5.93. The minimum Gasteiger partial charge on any atom is -0.312 e. The van der Waals surface area contributed by atoms with Gasteiger partial charge in [0.2, 0.25) is 0 Å². The van der Waals surface area contributed by atoms with Crippen LogP contribution in [0.4, 0.5) is 0 Å². The normalized spacial score (nSPS) is 12.7. The van der Waals surface area contributed by atoms with Crippen LogP contribution in [0.15, 0.2) is 53.0 Å². The van der Waals surface area contributed by atoms with Crippen LogP contribution in [0.2, 0.25) is 0 Å². The molecule has 1 N–H and O–H groups in total. The average Bonchev–Trinajstić information content (AvgIpc) is 2.98. The van der Waals surface area contributed by atoms with Crippen molar-refractivity contribution in [1.82, 2.24) is 5.32 Å². The number of rotatable bonds is 4. The van der Waals surface area contributed by atoms with Gasteiger partial charge in [-0.15, -0.1) is 11.3 Å². The number of thiophene rings is 1. The van der Waals surface area contributed by atoms with Gasteiger partial charge in [-0.05, 0) is 60.1 Å². The van der Waals surface area contributed by atoms with Crippen molar-refractivity contribution in [3.05, 3.63) is 57.9 Å². The molecule has 0 spiro atoms. The highest BCUT2D eigenvalue weighted by Gasteiger charge is 2.10. The van der Waals surface area contributed by atoms with E-state index in [0.29, 0.717) is 6.04 Å². The summed E-state index contributed by atoms with van der Waals surface area (Å²) in [6, 6.07) is 18.1. The van der Waals surface area contributed by atoms with E-state index >= 15 is 0 Å². The number of benzene rings is 2. The van der Waals surface area contributed by atoms with E-state index in [1.54, 1.807) is 0 Å². The molecule has 21 heavy (non-hydrogen) atoms. The van der Waals surface area contributed by atoms with Gasteiger partial charge in [0.05, 0.1) is 0 Å². The number of fused-ring (bicyclic) bond motifs is 1. The Morgan fingerprint density at radius 1 is 1.05 bits per heavy atom. The van der Waals surface area contributed by atoms with Gasteiger partial charge in [0, 0.05) is 20.3 Å². The Hall–Kier alpha value is -1.16. The fraction of sp³-hybridized carbons (Fsp3) is 0.222. The summed E-state index contributed by atoms with van der Waals surface area (Å²) in [5.41, 5.74) is 1.30. The van der Waals surface area contributed by atoms with Crippen molar-refractivity contribution in [3.63, 3.8) is 0 Å². The first kappa shape index (κ1) is 14.8. The molecule has 2 aromatic carbocycles. The van der Waals surface area contributed by atoms with Crippen LogP contribution < -0.4 is 5.32 Å². The Kier molecular flexibility index (Phi) is 4.43. The first-order chi connectivity index (χ1) is 10.2. The molecule has 0 aliphatic heterocycles. The molecule has 0 aliphatic carbocycles. The average molecular weight is 360 g/mol. The summed E-state index contributed by atoms with van der Waals surface area (Å²) in [7, 11) is 2.03. The first-order valence-corrected chi connectivity index (χ1v) is 8.79. The minimum absolute atomic E-state index is 0.458. The summed E-state index contributed by atoms with van der Waals surface area (Å²) < 4.78 is 1.13. The summed E-state index contributed by atoms with van der Waals surface area (Å²) in [6.45, 7) is 2.22. The summed E-state index contributed by atoms with van der Waals surface area (Å²) in [5.74, 6) is 0. The zero-order chi connectivity index (χ0) is 14.8. The molecular formula is C18H18BrNS. The summed E-state index contributed by atoms with van der Waals surface area (Å²) in [6.07, 6.45) is 1.11. The van der Waals surface area contributed by atoms with Crippen molar-refractivity contribution in [2.45, 2.75) is 19.4 Å². The van der Waals surface area contributed by atoms with Gasteiger partial charge in [0.25, 0.3) is 0 Å². The lowest BCUT2D eigenvalue weighted by Gasteiger charge is -2.10. The van der Waals surface area contributed by atoms with E-state index in [4.69, 9.17) is 0 Å². The van der Waals surface area contributed by atoms with Crippen LogP contribution in [0.5, 0.6) is 0 Å². The van der Waals surface area contributed by atoms with Crippen LogP contribution >= 0.6 is 27.3 Å². The number of nitrogens with one attached hydrogen (secondary N) is 1. The molecule has 3 rings (SSSR count). The van der Waals surface area contributed by atoms with Crippen molar-refractivity contribution in [2.24, 2.45) is 0 Å². The van der Waals surface area contributed by atoms with E-state index in [1.165, 1.54) is 26.1 Å². The van der Waals surface area contributed by atoms with Gasteiger partial charge in [0.1, 0.15) is 0 Å². The van der Waals surface area contributed by atoms with Crippen LogP contribution in [-0.4, -0.2) is 7.05 Å². The van der Waals surface area contributed by atoms with Gasteiger partial charge in [-0.25, -0.2) is 0 Å². The third-order valence-electron chi connectivity index (χ3n) is 3.81. The van der Waals surface area contributed by atoms with E-state index in [-0.39, 0.29) is 0 Å². The van der Waals surface area contributed by atoms with Crippen molar-refractivity contribution in [3.8, 4) is 10.4 Å². The molecule has 1 aromatic heterocycles. The Balaban J connectivity index is 1.98. The fourth-order valence-corrected chi connectivity index (χ4v) is 4.19. The Morgan fingerprint density at radius 2 is 1.81 bits per heavy atom. The maximum Gasteiger partial charge on any atom is 0.0409 e. The second-order valence-electron chi connectivity index (χ2n) is 5.16. The Bertz CT molecular complexity index is 759. The molecule has 0 saturated heterocycles. The molecule has 3 aromatic rings. The molecule has 0 saturated carbocycles. The van der Waals surface area contributed by atoms with Crippen LogP contribution in [0, 0.1) is 0 Å². The maximum atomic E-state index is 3.53. The molecule has 0 aliphatic rings. The smallest absolute Gasteiger partial charge is 0.0409 e. The van der Waals surface area contributed by atoms with Crippen LogP contribution in [0.3, 0.4) is 0 Å². The molecule has 3 heteroatoms. The van der Waals surface area contributed by atoms with Crippen LogP contribution in [0.25, 0.3) is 21.2 Å². The van der Waals surface area contributed by atoms with Gasteiger partial charge >= 0.3 is 0 Å². The van der Waals surface area contributed by atoms with Crippen molar-refractivity contribution in [1.29, 1.82) is 0 Å². The van der Waals surface area contributed by atoms with Gasteiger partial charge in [-0.1, -0.05) is 41.1 Å². The van der Waals surface area contributed by atoms with Crippen molar-refractivity contribution >= 4 is 38.0 Å². The van der Waals surface area contributed by atoms with E-state index < -0.39 is 0 Å². The molecule has 1 unspecified atom stereocenters. The maximum absolute atomic E-state index is 3.53. The quantitative estimate of drug-likeness (QED) is 0.602. The van der Waals surface area contributed by atoms with E-state index in [2.05, 4.69) is 76.7 Å². The highest BCUT2D eigenvalue weighted by molar-refractivity contribution is 9.10. The van der Waals surface area contributed by atoms with E-state index in [1.807, 2.05) is 18.4 Å². The molecule has 1 heterocycles. The van der Waals surface area contributed by atoms with Crippen LogP contribution in [0.1, 0.15) is 24.3 Å². The standard InChI is InChI=1S/C18H18BrNS/c1-3-16(20-2)18-9-8-17(21-18)14-5-4-13-11-15(19)7-6-12(13)10-14/h4-11,16,20H,3H2,1-2H3. The van der Waals surface area contributed by atoms with Gasteiger partial charge in [-0.2, -0.15) is 0 Å². The Labute approximate surface area is 138 Å². The monoisotopic (exact) mass is 359 g/mol. The zero-order valence-corrected chi connectivity index (χ0v) is 14.6. The molecule has 1 atom stereocenters. The molecule has 0 radical (unpaired) electrons. The lowest BCUT2D eigenvalue weighted by atomic mass is 10.1. The van der Waals surface area contributed by atoms with Crippen molar-refractivity contribution < 1.29 is 0 Å². The molecule has 108 valence electrons.